The monoisotopic (exact) mass is 619 g/mol. The van der Waals surface area contributed by atoms with Crippen LogP contribution in [-0.2, 0) is 4.79 Å². The van der Waals surface area contributed by atoms with Crippen LogP contribution < -0.4 is 5.32 Å². The maximum atomic E-state index is 13.3. The van der Waals surface area contributed by atoms with Crippen molar-refractivity contribution in [2.24, 2.45) is 50.7 Å². The standard InChI is InChI=1S/C40H58ClNO2/c1-25(2)29-14-20-40(21-17-34(44)42-26(3)27-10-9-11-28(41)24-27)23-22-38(7)30(35(29)40)12-13-32-37(6)18-16-33(43)36(4,5)31(37)15-19-39(32,38)8/h9-11,17,21,24-26,30-33,43H,12-16,18-20,22-23H2,1-8H3,(H,42,44)/b21-17+/t26-,30+,31-,32+,33-,37-,38+,39+,40-/m0/s1. The third-order valence-electron chi connectivity index (χ3n) is 15.0. The average molecular weight is 620 g/mol. The Labute approximate surface area is 272 Å². The van der Waals surface area contributed by atoms with Crippen molar-refractivity contribution in [3.05, 3.63) is 58.1 Å². The minimum absolute atomic E-state index is 0.00164. The predicted octanol–water partition coefficient (Wildman–Crippen LogP) is 10.2. The van der Waals surface area contributed by atoms with Crippen LogP contribution in [0.3, 0.4) is 0 Å². The molecule has 6 rings (SSSR count). The summed E-state index contributed by atoms with van der Waals surface area (Å²) in [7, 11) is 0. The zero-order valence-corrected chi connectivity index (χ0v) is 29.5. The van der Waals surface area contributed by atoms with Crippen LogP contribution in [0.1, 0.15) is 131 Å². The molecule has 4 fully saturated rings. The summed E-state index contributed by atoms with van der Waals surface area (Å²) in [5, 5.41) is 15.0. The maximum absolute atomic E-state index is 13.3. The van der Waals surface area contributed by atoms with Crippen LogP contribution in [0.2, 0.25) is 5.02 Å². The van der Waals surface area contributed by atoms with Crippen molar-refractivity contribution in [2.45, 2.75) is 132 Å². The summed E-state index contributed by atoms with van der Waals surface area (Å²) in [6, 6.07) is 7.67. The second-order valence-electron chi connectivity index (χ2n) is 17.4. The molecular weight excluding hydrogens is 562 g/mol. The molecule has 1 aromatic rings. The Morgan fingerprint density at radius 1 is 0.932 bits per heavy atom. The Morgan fingerprint density at radius 2 is 1.68 bits per heavy atom. The van der Waals surface area contributed by atoms with Gasteiger partial charge in [-0.15, -0.1) is 0 Å². The molecule has 0 aliphatic heterocycles. The van der Waals surface area contributed by atoms with Crippen LogP contribution in [0.25, 0.3) is 0 Å². The van der Waals surface area contributed by atoms with Gasteiger partial charge in [0.1, 0.15) is 0 Å². The lowest BCUT2D eigenvalue weighted by molar-refractivity contribution is -0.227. The van der Waals surface area contributed by atoms with Crippen LogP contribution in [-0.4, -0.2) is 17.1 Å². The topological polar surface area (TPSA) is 49.3 Å². The Hall–Kier alpha value is -1.58. The molecule has 0 saturated heterocycles. The summed E-state index contributed by atoms with van der Waals surface area (Å²) in [5.41, 5.74) is 5.26. The van der Waals surface area contributed by atoms with Gasteiger partial charge in [0, 0.05) is 10.4 Å². The summed E-state index contributed by atoms with van der Waals surface area (Å²) < 4.78 is 0. The van der Waals surface area contributed by atoms with E-state index in [1.165, 1.54) is 38.5 Å². The van der Waals surface area contributed by atoms with E-state index in [1.807, 2.05) is 37.3 Å². The van der Waals surface area contributed by atoms with E-state index < -0.39 is 0 Å². The zero-order valence-electron chi connectivity index (χ0n) is 28.7. The number of nitrogens with one attached hydrogen (secondary N) is 1. The molecule has 44 heavy (non-hydrogen) atoms. The third-order valence-corrected chi connectivity index (χ3v) is 15.2. The van der Waals surface area contributed by atoms with Gasteiger partial charge in [-0.2, -0.15) is 0 Å². The van der Waals surface area contributed by atoms with Crippen molar-refractivity contribution in [2.75, 3.05) is 0 Å². The van der Waals surface area contributed by atoms with Gasteiger partial charge in [-0.1, -0.05) is 89.4 Å². The molecule has 0 bridgehead atoms. The molecule has 5 aliphatic carbocycles. The second-order valence-corrected chi connectivity index (χ2v) is 17.8. The molecule has 242 valence electrons. The van der Waals surface area contributed by atoms with Gasteiger partial charge >= 0.3 is 0 Å². The molecule has 0 radical (unpaired) electrons. The Bertz CT molecular complexity index is 1360. The highest BCUT2D eigenvalue weighted by molar-refractivity contribution is 6.30. The number of rotatable bonds is 5. The molecule has 4 saturated carbocycles. The quantitative estimate of drug-likeness (QED) is 0.254. The van der Waals surface area contributed by atoms with E-state index in [0.717, 1.165) is 31.2 Å². The fourth-order valence-electron chi connectivity index (χ4n) is 12.3. The highest BCUT2D eigenvalue weighted by Gasteiger charge is 2.69. The van der Waals surface area contributed by atoms with E-state index in [2.05, 4.69) is 59.9 Å². The number of carbonyl (C=O) groups is 1. The first kappa shape index (κ1) is 32.4. The summed E-state index contributed by atoms with van der Waals surface area (Å²) in [4.78, 5) is 13.3. The highest BCUT2D eigenvalue weighted by atomic mass is 35.5. The molecule has 4 heteroatoms. The van der Waals surface area contributed by atoms with Gasteiger partial charge in [0.05, 0.1) is 12.1 Å². The molecule has 5 aliphatic rings. The van der Waals surface area contributed by atoms with Crippen molar-refractivity contribution in [3.8, 4) is 0 Å². The van der Waals surface area contributed by atoms with E-state index in [0.29, 0.717) is 34.1 Å². The number of halogens is 1. The number of carbonyl (C=O) groups excluding carboxylic acids is 1. The average Bonchev–Trinajstić information content (AvgIpc) is 3.35. The minimum atomic E-state index is -0.179. The van der Waals surface area contributed by atoms with Gasteiger partial charge in [-0.3, -0.25) is 4.79 Å². The number of aliphatic hydroxyl groups excluding tert-OH is 1. The van der Waals surface area contributed by atoms with Gasteiger partial charge in [0.25, 0.3) is 0 Å². The molecule has 1 amide bonds. The van der Waals surface area contributed by atoms with Gasteiger partial charge < -0.3 is 10.4 Å². The largest absolute Gasteiger partial charge is 0.393 e. The van der Waals surface area contributed by atoms with E-state index in [1.54, 1.807) is 11.1 Å². The molecule has 0 spiro atoms. The predicted molar refractivity (Wildman–Crippen MR) is 182 cm³/mol. The number of hydrogen-bond acceptors (Lipinski definition) is 2. The van der Waals surface area contributed by atoms with E-state index in [-0.39, 0.29) is 39.7 Å². The molecule has 9 atom stereocenters. The normalized spacial score (nSPS) is 42.0. The number of benzene rings is 1. The lowest BCUT2D eigenvalue weighted by atomic mass is 9.33. The number of fused-ring (bicyclic) bond motifs is 7. The van der Waals surface area contributed by atoms with Crippen LogP contribution in [0.4, 0.5) is 0 Å². The number of aliphatic hydroxyl groups is 1. The molecule has 1 aromatic carbocycles. The van der Waals surface area contributed by atoms with Crippen molar-refractivity contribution in [3.63, 3.8) is 0 Å². The molecule has 2 N–H and O–H groups in total. The first-order valence-electron chi connectivity index (χ1n) is 17.8. The zero-order chi connectivity index (χ0) is 31.9. The maximum Gasteiger partial charge on any atom is 0.244 e. The summed E-state index contributed by atoms with van der Waals surface area (Å²) >= 11 is 6.22. The van der Waals surface area contributed by atoms with E-state index in [9.17, 15) is 9.90 Å². The number of hydrogen-bond donors (Lipinski definition) is 2. The molecule has 0 aromatic heterocycles. The van der Waals surface area contributed by atoms with Crippen molar-refractivity contribution < 1.29 is 9.90 Å². The smallest absolute Gasteiger partial charge is 0.244 e. The third kappa shape index (κ3) is 4.71. The number of allylic oxidation sites excluding steroid dienone is 3. The van der Waals surface area contributed by atoms with Crippen molar-refractivity contribution >= 4 is 17.5 Å². The van der Waals surface area contributed by atoms with Crippen molar-refractivity contribution in [1.29, 1.82) is 0 Å². The first-order valence-corrected chi connectivity index (χ1v) is 18.1. The van der Waals surface area contributed by atoms with Gasteiger partial charge in [0.15, 0.2) is 0 Å². The van der Waals surface area contributed by atoms with Crippen molar-refractivity contribution in [1.82, 2.24) is 5.32 Å². The van der Waals surface area contributed by atoms with Gasteiger partial charge in [-0.25, -0.2) is 0 Å². The van der Waals surface area contributed by atoms with E-state index >= 15 is 0 Å². The lowest BCUT2D eigenvalue weighted by Crippen LogP contribution is -2.65. The van der Waals surface area contributed by atoms with E-state index in [4.69, 9.17) is 11.6 Å². The number of amides is 1. The Kier molecular flexibility index (Phi) is 8.09. The molecular formula is C40H58ClNO2. The minimum Gasteiger partial charge on any atom is -0.393 e. The summed E-state index contributed by atoms with van der Waals surface area (Å²) in [6.07, 6.45) is 15.9. The van der Waals surface area contributed by atoms with Crippen LogP contribution >= 0.6 is 11.6 Å². The fraction of sp³-hybridized carbons (Fsp3) is 0.725. The first-order chi connectivity index (χ1) is 20.6. The summed E-state index contributed by atoms with van der Waals surface area (Å²) in [5.74, 6) is 2.40. The lowest BCUT2D eigenvalue weighted by Gasteiger charge is -2.72. The fourth-order valence-corrected chi connectivity index (χ4v) is 12.5. The highest BCUT2D eigenvalue weighted by Crippen LogP contribution is 2.77. The van der Waals surface area contributed by atoms with Crippen LogP contribution in [0.5, 0.6) is 0 Å². The SMILES string of the molecule is CC(C)C1=C2[C@H]3CC[C@@H]4[C@@]5(C)CC[C@H](O)C(C)(C)[C@@H]5CC[C@@]4(C)[C@]3(C)CC[C@@]2(/C=C/C(=O)N[C@@H](C)c2cccc(Cl)c2)CC1. The van der Waals surface area contributed by atoms with Gasteiger partial charge in [0.2, 0.25) is 5.91 Å². The summed E-state index contributed by atoms with van der Waals surface area (Å²) in [6.45, 7) is 19.5. The second kappa shape index (κ2) is 11.0. The van der Waals surface area contributed by atoms with Crippen LogP contribution in [0.15, 0.2) is 47.6 Å². The Morgan fingerprint density at radius 3 is 2.39 bits per heavy atom. The van der Waals surface area contributed by atoms with Crippen LogP contribution in [0, 0.1) is 50.7 Å². The molecule has 0 heterocycles. The molecule has 3 nitrogen and oxygen atoms in total. The Balaban J connectivity index is 1.30. The van der Waals surface area contributed by atoms with Gasteiger partial charge in [-0.05, 0) is 140 Å². The molecule has 0 unspecified atom stereocenters.